The van der Waals surface area contributed by atoms with Crippen molar-refractivity contribution in [1.82, 2.24) is 0 Å². The van der Waals surface area contributed by atoms with Crippen molar-refractivity contribution in [2.45, 2.75) is 40.7 Å². The van der Waals surface area contributed by atoms with E-state index in [9.17, 15) is 39.5 Å². The van der Waals surface area contributed by atoms with Crippen LogP contribution in [0.2, 0.25) is 0 Å². The summed E-state index contributed by atoms with van der Waals surface area (Å²) in [4.78, 5) is 0. The average molecular weight is 494 g/mol. The van der Waals surface area contributed by atoms with Gasteiger partial charge in [-0.1, -0.05) is 12.1 Å². The zero-order valence-corrected chi connectivity index (χ0v) is 14.5. The molecule has 0 saturated carbocycles. The van der Waals surface area contributed by atoms with Gasteiger partial charge in [-0.3, -0.25) is 0 Å². The first-order valence-electron chi connectivity index (χ1n) is 6.62. The molecule has 0 saturated heterocycles. The van der Waals surface area contributed by atoms with Crippen molar-refractivity contribution >= 4 is 22.6 Å². The first-order chi connectivity index (χ1) is 11.4. The van der Waals surface area contributed by atoms with Crippen LogP contribution in [0.1, 0.15) is 11.7 Å². The highest BCUT2D eigenvalue weighted by Gasteiger charge is 2.67. The van der Waals surface area contributed by atoms with Crippen LogP contribution in [0.5, 0.6) is 5.75 Å². The van der Waals surface area contributed by atoms with Gasteiger partial charge in [0.1, 0.15) is 5.75 Å². The Labute approximate surface area is 150 Å². The van der Waals surface area contributed by atoms with Crippen molar-refractivity contribution in [1.29, 1.82) is 0 Å². The molecule has 0 aromatic heterocycles. The Kier molecular flexibility index (Phi) is 7.28. The summed E-state index contributed by atoms with van der Waals surface area (Å²) in [6.07, 6.45) is -19.5. The Morgan fingerprint density at radius 2 is 1.36 bits per heavy atom. The van der Waals surface area contributed by atoms with Gasteiger partial charge in [-0.25, -0.2) is 30.7 Å². The Balaban J connectivity index is 3.10. The summed E-state index contributed by atoms with van der Waals surface area (Å²) >= 11 is 0.216. The maximum Gasteiger partial charge on any atom is 0.327 e. The smallest absolute Gasteiger partial charge is 0.327 e. The molecule has 0 N–H and O–H groups in total. The summed E-state index contributed by atoms with van der Waals surface area (Å²) in [5.41, 5.74) is -0.661. The van der Waals surface area contributed by atoms with Crippen LogP contribution in [-0.2, 0) is 0 Å². The highest BCUT2D eigenvalue weighted by molar-refractivity contribution is 14.1. The fraction of sp³-hybridized carbons (Fsp3) is 0.571. The third-order valence-electron chi connectivity index (χ3n) is 3.34. The fourth-order valence-corrected chi connectivity index (χ4v) is 2.49. The normalized spacial score (nSPS) is 19.8. The van der Waals surface area contributed by atoms with Crippen LogP contribution < -0.4 is 4.74 Å². The van der Waals surface area contributed by atoms with E-state index < -0.39 is 46.3 Å². The van der Waals surface area contributed by atoms with Crippen molar-refractivity contribution in [2.24, 2.45) is 0 Å². The van der Waals surface area contributed by atoms with Crippen molar-refractivity contribution in [3.05, 3.63) is 29.8 Å². The molecule has 0 aliphatic rings. The largest absolute Gasteiger partial charge is 0.497 e. The van der Waals surface area contributed by atoms with E-state index in [1.165, 1.54) is 7.11 Å². The topological polar surface area (TPSA) is 9.23 Å². The monoisotopic (exact) mass is 494 g/mol. The molecule has 0 heterocycles. The predicted octanol–water partition coefficient (Wildman–Crippen LogP) is 5.72. The minimum atomic E-state index is -5.44. The molecule has 0 amide bonds. The third-order valence-corrected chi connectivity index (χ3v) is 4.61. The molecule has 0 spiro atoms. The van der Waals surface area contributed by atoms with Crippen molar-refractivity contribution in [2.75, 3.05) is 7.11 Å². The molecule has 1 aromatic carbocycles. The number of alkyl halides is 10. The molecule has 5 atom stereocenters. The summed E-state index contributed by atoms with van der Waals surface area (Å²) in [6.45, 7) is 0. The molecule has 1 nitrogen and oxygen atoms in total. The van der Waals surface area contributed by atoms with Gasteiger partial charge in [0.05, 0.1) is 7.11 Å². The summed E-state index contributed by atoms with van der Waals surface area (Å²) < 4.78 is 120. The van der Waals surface area contributed by atoms with Gasteiger partial charge in [0, 0.05) is 0 Å². The van der Waals surface area contributed by atoms with Gasteiger partial charge < -0.3 is 4.74 Å². The number of hydrogen-bond acceptors (Lipinski definition) is 1. The maximum atomic E-state index is 14.3. The van der Waals surface area contributed by atoms with Gasteiger partial charge in [-0.05, 0) is 40.3 Å². The lowest BCUT2D eigenvalue weighted by molar-refractivity contribution is -0.183. The van der Waals surface area contributed by atoms with Crippen LogP contribution >= 0.6 is 22.6 Å². The fourth-order valence-electron chi connectivity index (χ4n) is 1.84. The Morgan fingerprint density at radius 1 is 0.880 bits per heavy atom. The first kappa shape index (κ1) is 22.2. The number of methoxy groups -OCH3 is 1. The van der Waals surface area contributed by atoms with E-state index in [-0.39, 0.29) is 28.3 Å². The highest BCUT2D eigenvalue weighted by Crippen LogP contribution is 2.52. The van der Waals surface area contributed by atoms with E-state index in [1.54, 1.807) is 0 Å². The van der Waals surface area contributed by atoms with Crippen LogP contribution in [0.25, 0.3) is 0 Å². The number of rotatable bonds is 8. The second kappa shape index (κ2) is 8.21. The Morgan fingerprint density at radius 3 is 1.76 bits per heavy atom. The average Bonchev–Trinajstić information content (AvgIpc) is 2.58. The lowest BCUT2D eigenvalue weighted by Crippen LogP contribution is -2.54. The van der Waals surface area contributed by atoms with Gasteiger partial charge in [-0.2, -0.15) is 8.78 Å². The molecule has 25 heavy (non-hydrogen) atoms. The number of hydrogen-bond donors (Lipinski definition) is 0. The molecule has 1 aromatic rings. The third kappa shape index (κ3) is 4.45. The number of halogens is 10. The summed E-state index contributed by atoms with van der Waals surface area (Å²) in [7, 11) is 1.25. The van der Waals surface area contributed by atoms with E-state index in [0.717, 1.165) is 24.3 Å². The molecular weight excluding hydrogens is 482 g/mol. The first-order valence-corrected chi connectivity index (χ1v) is 7.69. The predicted molar refractivity (Wildman–Crippen MR) is 80.3 cm³/mol. The lowest BCUT2D eigenvalue weighted by atomic mass is 9.95. The van der Waals surface area contributed by atoms with E-state index in [2.05, 4.69) is 0 Å². The molecule has 144 valence electrons. The zero-order valence-electron chi connectivity index (χ0n) is 12.4. The zero-order chi connectivity index (χ0) is 19.6. The quantitative estimate of drug-likeness (QED) is 0.255. The van der Waals surface area contributed by atoms with Gasteiger partial charge >= 0.3 is 5.92 Å². The molecule has 11 heteroatoms. The van der Waals surface area contributed by atoms with Gasteiger partial charge in [0.2, 0.25) is 6.17 Å². The van der Waals surface area contributed by atoms with Gasteiger partial charge in [-0.15, -0.1) is 0 Å². The van der Waals surface area contributed by atoms with Gasteiger partial charge in [0.15, 0.2) is 18.5 Å². The van der Waals surface area contributed by atoms with E-state index in [1.807, 2.05) is 0 Å². The Bertz CT molecular complexity index is 552. The minimum Gasteiger partial charge on any atom is -0.497 e. The molecule has 0 aliphatic heterocycles. The molecule has 0 bridgehead atoms. The molecule has 0 aliphatic carbocycles. The van der Waals surface area contributed by atoms with Crippen LogP contribution in [0.4, 0.5) is 39.5 Å². The standard InChI is InChI=1S/C14H12F9IO/c1-25-7-4-2-6(3-5-7)10(17)14(23,24)13(21,22)11(18)8(15)9(16)12(19)20/h2-5,8-12H,1H3. The number of benzene rings is 1. The van der Waals surface area contributed by atoms with Crippen LogP contribution in [-0.4, -0.2) is 41.6 Å². The molecule has 1 rings (SSSR count). The summed E-state index contributed by atoms with van der Waals surface area (Å²) in [5, 5.41) is 0. The highest BCUT2D eigenvalue weighted by atomic mass is 127. The summed E-state index contributed by atoms with van der Waals surface area (Å²) in [6, 6.07) is 3.94. The SMILES string of the molecule is COc1ccc(C(F)C(F)(I)C(F)(F)C(F)C(F)C(F)C(F)F)cc1. The van der Waals surface area contributed by atoms with Gasteiger partial charge in [0.25, 0.3) is 10.1 Å². The maximum absolute atomic E-state index is 14.3. The van der Waals surface area contributed by atoms with E-state index in [4.69, 9.17) is 4.74 Å². The second-order valence-electron chi connectivity index (χ2n) is 5.01. The van der Waals surface area contributed by atoms with Crippen LogP contribution in [0.15, 0.2) is 24.3 Å². The molecular formula is C14H12F9IO. The van der Waals surface area contributed by atoms with Crippen molar-refractivity contribution in [3.63, 3.8) is 0 Å². The molecule has 5 unspecified atom stereocenters. The second-order valence-corrected chi connectivity index (χ2v) is 6.58. The van der Waals surface area contributed by atoms with Crippen LogP contribution in [0, 0.1) is 0 Å². The Hall–Kier alpha value is -0.880. The summed E-state index contributed by atoms with van der Waals surface area (Å²) in [5.74, 6) is -5.25. The molecule has 0 radical (unpaired) electrons. The van der Waals surface area contributed by atoms with Crippen LogP contribution in [0.3, 0.4) is 0 Å². The van der Waals surface area contributed by atoms with E-state index >= 15 is 0 Å². The lowest BCUT2D eigenvalue weighted by Gasteiger charge is -2.34. The number of ether oxygens (including phenoxy) is 1. The van der Waals surface area contributed by atoms with Crippen molar-refractivity contribution < 1.29 is 44.3 Å². The minimum absolute atomic E-state index is 0.185. The van der Waals surface area contributed by atoms with E-state index in [0.29, 0.717) is 0 Å². The molecule has 0 fully saturated rings. The van der Waals surface area contributed by atoms with Crippen molar-refractivity contribution in [3.8, 4) is 5.75 Å².